The largest absolute Gasteiger partial charge is 0.462 e. The first-order chi connectivity index (χ1) is 13.0. The van der Waals surface area contributed by atoms with Crippen molar-refractivity contribution < 1.29 is 19.2 Å². The molecule has 2 aromatic rings. The maximum Gasteiger partial charge on any atom is 0.270 e. The third-order valence-corrected chi connectivity index (χ3v) is 5.34. The van der Waals surface area contributed by atoms with Crippen LogP contribution < -0.4 is 4.74 Å². The fourth-order valence-corrected chi connectivity index (χ4v) is 3.92. The van der Waals surface area contributed by atoms with Gasteiger partial charge < -0.3 is 9.47 Å². The van der Waals surface area contributed by atoms with E-state index in [1.54, 1.807) is 24.3 Å². The molecule has 0 aromatic heterocycles. The van der Waals surface area contributed by atoms with E-state index in [4.69, 9.17) is 9.47 Å². The maximum atomic E-state index is 13.5. The van der Waals surface area contributed by atoms with E-state index < -0.39 is 27.8 Å². The van der Waals surface area contributed by atoms with Crippen molar-refractivity contribution in [1.29, 1.82) is 5.26 Å². The average molecular weight is 362 g/mol. The highest BCUT2D eigenvalue weighted by atomic mass is 16.7. The van der Waals surface area contributed by atoms with Crippen molar-refractivity contribution in [3.63, 3.8) is 0 Å². The Morgan fingerprint density at radius 2 is 2.04 bits per heavy atom. The number of benzene rings is 2. The second-order valence-electron chi connectivity index (χ2n) is 6.49. The number of hydrogen-bond acceptors (Lipinski definition) is 6. The topological polar surface area (TPSA) is 102 Å². The van der Waals surface area contributed by atoms with Crippen LogP contribution in [0.5, 0.6) is 5.75 Å². The fourth-order valence-electron chi connectivity index (χ4n) is 3.92. The molecular weight excluding hydrogens is 348 g/mol. The average Bonchev–Trinajstić information content (AvgIpc) is 3.04. The van der Waals surface area contributed by atoms with Crippen molar-refractivity contribution in [2.45, 2.75) is 11.7 Å². The van der Waals surface area contributed by atoms with Gasteiger partial charge in [-0.15, -0.1) is 6.58 Å². The minimum absolute atomic E-state index is 0.00495. The smallest absolute Gasteiger partial charge is 0.270 e. The summed E-state index contributed by atoms with van der Waals surface area (Å²) in [6.07, 6.45) is 0.400. The zero-order chi connectivity index (χ0) is 19.2. The number of nitro groups is 1. The van der Waals surface area contributed by atoms with E-state index in [2.05, 4.69) is 12.6 Å². The fraction of sp³-hybridized carbons (Fsp3) is 0.200. The van der Waals surface area contributed by atoms with Crippen molar-refractivity contribution >= 4 is 11.5 Å². The van der Waals surface area contributed by atoms with Crippen LogP contribution in [0.15, 0.2) is 61.2 Å². The van der Waals surface area contributed by atoms with Gasteiger partial charge in [-0.25, -0.2) is 0 Å². The molecule has 7 nitrogen and oxygen atoms in total. The van der Waals surface area contributed by atoms with Crippen LogP contribution in [-0.2, 0) is 10.2 Å². The number of nitro benzene ring substituents is 1. The van der Waals surface area contributed by atoms with E-state index in [-0.39, 0.29) is 23.6 Å². The van der Waals surface area contributed by atoms with Gasteiger partial charge in [-0.1, -0.05) is 36.4 Å². The van der Waals surface area contributed by atoms with Gasteiger partial charge in [0.25, 0.3) is 5.69 Å². The van der Waals surface area contributed by atoms with E-state index in [9.17, 15) is 20.2 Å². The highest BCUT2D eigenvalue weighted by Gasteiger charge is 2.69. The van der Waals surface area contributed by atoms with Crippen LogP contribution in [-0.4, -0.2) is 23.6 Å². The zero-order valence-electron chi connectivity index (χ0n) is 14.1. The third kappa shape index (κ3) is 2.02. The number of fused-ring (bicyclic) bond motifs is 2. The Labute approximate surface area is 154 Å². The summed E-state index contributed by atoms with van der Waals surface area (Å²) in [5.74, 6) is -0.407. The highest BCUT2D eigenvalue weighted by Crippen LogP contribution is 2.56. The summed E-state index contributed by atoms with van der Waals surface area (Å²) < 4.78 is 11.5. The molecule has 1 saturated heterocycles. The number of rotatable bonds is 3. The molecule has 7 heteroatoms. The molecule has 2 heterocycles. The summed E-state index contributed by atoms with van der Waals surface area (Å²) in [5.41, 5.74) is -2.45. The van der Waals surface area contributed by atoms with Crippen LogP contribution >= 0.6 is 0 Å². The summed E-state index contributed by atoms with van der Waals surface area (Å²) in [4.78, 5) is 24.0. The lowest BCUT2D eigenvalue weighted by molar-refractivity contribution is -0.384. The molecule has 0 aliphatic carbocycles. The van der Waals surface area contributed by atoms with Crippen molar-refractivity contribution in [2.24, 2.45) is 5.41 Å². The van der Waals surface area contributed by atoms with Crippen LogP contribution in [0.25, 0.3) is 0 Å². The number of carbonyl (C=O) groups is 1. The number of carbonyl (C=O) groups excluding carboxylic acids is 1. The molecule has 3 atom stereocenters. The first-order valence-corrected chi connectivity index (χ1v) is 8.22. The zero-order valence-corrected chi connectivity index (χ0v) is 14.1. The van der Waals surface area contributed by atoms with Gasteiger partial charge in [-0.2, -0.15) is 5.26 Å². The second-order valence-corrected chi connectivity index (χ2v) is 6.49. The molecule has 134 valence electrons. The van der Waals surface area contributed by atoms with E-state index >= 15 is 0 Å². The van der Waals surface area contributed by atoms with Gasteiger partial charge >= 0.3 is 0 Å². The molecule has 0 saturated carbocycles. The van der Waals surface area contributed by atoms with Gasteiger partial charge in [0.05, 0.1) is 28.6 Å². The lowest BCUT2D eigenvalue weighted by atomic mass is 9.58. The SMILES string of the molecule is C=C[C@]1(c2ccccc2)COC2Oc3ccc([N+](=O)[O-])cc3C(=O)C21C#N. The lowest BCUT2D eigenvalue weighted by Gasteiger charge is -2.41. The molecule has 0 N–H and O–H groups in total. The summed E-state index contributed by atoms with van der Waals surface area (Å²) in [5, 5.41) is 21.3. The third-order valence-electron chi connectivity index (χ3n) is 5.34. The van der Waals surface area contributed by atoms with Crippen molar-refractivity contribution in [3.8, 4) is 11.8 Å². The molecule has 2 aromatic carbocycles. The van der Waals surface area contributed by atoms with Gasteiger partial charge in [0.2, 0.25) is 6.29 Å². The summed E-state index contributed by atoms with van der Waals surface area (Å²) in [7, 11) is 0. The number of hydrogen-bond donors (Lipinski definition) is 0. The summed E-state index contributed by atoms with van der Waals surface area (Å²) >= 11 is 0. The Morgan fingerprint density at radius 3 is 2.67 bits per heavy atom. The Balaban J connectivity index is 1.96. The summed E-state index contributed by atoms with van der Waals surface area (Å²) in [6.45, 7) is 3.89. The number of Topliss-reactive ketones (excluding diaryl/α,β-unsaturated/α-hetero) is 1. The minimum atomic E-state index is -1.74. The van der Waals surface area contributed by atoms with Gasteiger partial charge in [0.1, 0.15) is 5.75 Å². The van der Waals surface area contributed by atoms with Crippen molar-refractivity contribution in [2.75, 3.05) is 6.61 Å². The molecule has 2 unspecified atom stereocenters. The molecule has 0 radical (unpaired) electrons. The second kappa shape index (κ2) is 5.76. The number of non-ortho nitro benzene ring substituents is 1. The lowest BCUT2D eigenvalue weighted by Crippen LogP contribution is -2.55. The van der Waals surface area contributed by atoms with Crippen LogP contribution in [0.3, 0.4) is 0 Å². The minimum Gasteiger partial charge on any atom is -0.462 e. The molecule has 4 rings (SSSR count). The number of nitriles is 1. The van der Waals surface area contributed by atoms with Gasteiger partial charge in [-0.3, -0.25) is 14.9 Å². The predicted octanol–water partition coefficient (Wildman–Crippen LogP) is 3.16. The van der Waals surface area contributed by atoms with Crippen molar-refractivity contribution in [1.82, 2.24) is 0 Å². The summed E-state index contributed by atoms with van der Waals surface area (Å²) in [6, 6.07) is 14.9. The molecule has 2 aliphatic heterocycles. The van der Waals surface area contributed by atoms with E-state index in [0.29, 0.717) is 5.56 Å². The van der Waals surface area contributed by atoms with Crippen LogP contribution in [0.2, 0.25) is 0 Å². The van der Waals surface area contributed by atoms with Crippen LogP contribution in [0, 0.1) is 26.9 Å². The first kappa shape index (κ1) is 16.9. The Hall–Kier alpha value is -3.50. The molecule has 2 aliphatic rings. The van der Waals surface area contributed by atoms with Crippen LogP contribution in [0.1, 0.15) is 15.9 Å². The molecule has 0 bridgehead atoms. The van der Waals surface area contributed by atoms with Crippen molar-refractivity contribution in [3.05, 3.63) is 82.4 Å². The number of ether oxygens (including phenoxy) is 2. The predicted molar refractivity (Wildman–Crippen MR) is 94.2 cm³/mol. The quantitative estimate of drug-likeness (QED) is 0.472. The van der Waals surface area contributed by atoms with E-state index in [0.717, 1.165) is 6.07 Å². The van der Waals surface area contributed by atoms with Gasteiger partial charge in [0, 0.05) is 12.1 Å². The highest BCUT2D eigenvalue weighted by molar-refractivity contribution is 6.08. The normalized spacial score (nSPS) is 28.4. The number of nitrogens with zero attached hydrogens (tertiary/aromatic N) is 2. The first-order valence-electron chi connectivity index (χ1n) is 8.22. The van der Waals surface area contributed by atoms with Gasteiger partial charge in [-0.05, 0) is 11.6 Å². The maximum absolute atomic E-state index is 13.5. The van der Waals surface area contributed by atoms with E-state index in [1.807, 2.05) is 6.07 Å². The number of ketones is 1. The van der Waals surface area contributed by atoms with Crippen LogP contribution in [0.4, 0.5) is 5.69 Å². The Morgan fingerprint density at radius 1 is 1.30 bits per heavy atom. The van der Waals surface area contributed by atoms with E-state index in [1.165, 1.54) is 18.2 Å². The van der Waals surface area contributed by atoms with Gasteiger partial charge in [0.15, 0.2) is 11.2 Å². The Kier molecular flexibility index (Phi) is 3.61. The monoisotopic (exact) mass is 362 g/mol. The molecule has 0 amide bonds. The standard InChI is InChI=1S/C20H14N2O5/c1-2-19(13-6-4-3-5-7-13)12-26-18-20(19,11-21)17(23)15-10-14(22(24)25)8-9-16(15)27-18/h2-10,18H,1,12H2/t18?,19-,20?/m1/s1. The molecular formula is C20H14N2O5. The molecule has 0 spiro atoms. The molecule has 27 heavy (non-hydrogen) atoms. The molecule has 1 fully saturated rings. The Bertz CT molecular complexity index is 1010.